The van der Waals surface area contributed by atoms with Crippen LogP contribution in [0, 0.1) is 0 Å². The average Bonchev–Trinajstić information content (AvgIpc) is 2.97. The highest BCUT2D eigenvalue weighted by molar-refractivity contribution is 8.00. The highest BCUT2D eigenvalue weighted by Gasteiger charge is 2.08. The average molecular weight is 313 g/mol. The number of nitrogens with zero attached hydrogens (tertiary/aromatic N) is 1. The summed E-state index contributed by atoms with van der Waals surface area (Å²) in [5.74, 6) is -1.56. The van der Waals surface area contributed by atoms with Gasteiger partial charge in [-0.3, -0.25) is 4.79 Å². The summed E-state index contributed by atoms with van der Waals surface area (Å²) in [6.07, 6.45) is 0. The van der Waals surface area contributed by atoms with Crippen molar-refractivity contribution >= 4 is 51.4 Å². The summed E-state index contributed by atoms with van der Waals surface area (Å²) >= 11 is 3.92. The summed E-state index contributed by atoms with van der Waals surface area (Å²) in [5.41, 5.74) is 0.831. The Labute approximate surface area is 121 Å². The normalized spacial score (nSPS) is 10.3. The number of carboxylic acids is 1. The minimum atomic E-state index is -1.17. The molecule has 0 unspecified atom stereocenters. The first-order chi connectivity index (χ1) is 9.15. The van der Waals surface area contributed by atoms with Crippen molar-refractivity contribution in [2.45, 2.75) is 0 Å². The van der Waals surface area contributed by atoms with Crippen LogP contribution in [0.2, 0.25) is 0 Å². The van der Waals surface area contributed by atoms with Gasteiger partial charge < -0.3 is 15.2 Å². The van der Waals surface area contributed by atoms with E-state index < -0.39 is 5.97 Å². The van der Waals surface area contributed by atoms with Gasteiger partial charge in [0, 0.05) is 11.1 Å². The molecule has 5 nitrogen and oxygen atoms in total. The van der Waals surface area contributed by atoms with Crippen LogP contribution >= 0.6 is 34.4 Å². The molecule has 0 radical (unpaired) electrons. The number of carboxylic acid groups (broad SMARTS) is 1. The van der Waals surface area contributed by atoms with Gasteiger partial charge in [0.05, 0.1) is 22.3 Å². The van der Waals surface area contributed by atoms with Crippen LogP contribution in [0.15, 0.2) is 22.9 Å². The van der Waals surface area contributed by atoms with Gasteiger partial charge in [0.1, 0.15) is 0 Å². The van der Waals surface area contributed by atoms with E-state index in [2.05, 4.69) is 10.3 Å². The molecule has 0 bridgehead atoms. The van der Waals surface area contributed by atoms with Gasteiger partial charge in [0.25, 0.3) is 0 Å². The first-order valence-electron chi connectivity index (χ1n) is 5.22. The van der Waals surface area contributed by atoms with E-state index in [1.807, 2.05) is 22.9 Å². The van der Waals surface area contributed by atoms with Gasteiger partial charge >= 0.3 is 0 Å². The number of aliphatic carboxylic acids is 1. The number of carbonyl (C=O) groups is 2. The monoisotopic (exact) mass is 313 g/mol. The van der Waals surface area contributed by atoms with E-state index in [0.717, 1.165) is 22.3 Å². The molecule has 2 heterocycles. The first-order valence-corrected chi connectivity index (χ1v) is 8.13. The Balaban J connectivity index is 1.86. The zero-order valence-electron chi connectivity index (χ0n) is 9.62. The van der Waals surface area contributed by atoms with Crippen LogP contribution in [-0.4, -0.2) is 28.4 Å². The number of carbonyl (C=O) groups excluding carboxylic acids is 2. The highest BCUT2D eigenvalue weighted by Crippen LogP contribution is 2.28. The predicted octanol–water partition coefficient (Wildman–Crippen LogP) is 1.29. The van der Waals surface area contributed by atoms with Crippen LogP contribution in [0.1, 0.15) is 0 Å². The van der Waals surface area contributed by atoms with Crippen molar-refractivity contribution in [1.29, 1.82) is 0 Å². The number of rotatable bonds is 6. The maximum absolute atomic E-state index is 11.5. The third-order valence-corrected chi connectivity index (χ3v) is 4.53. The zero-order chi connectivity index (χ0) is 13.7. The third kappa shape index (κ3) is 4.34. The molecule has 1 amide bonds. The van der Waals surface area contributed by atoms with Crippen LogP contribution in [0.25, 0.3) is 10.6 Å². The molecule has 0 aliphatic heterocycles. The topological polar surface area (TPSA) is 82.1 Å². The van der Waals surface area contributed by atoms with Gasteiger partial charge in [-0.25, -0.2) is 4.98 Å². The second kappa shape index (κ2) is 6.69. The maximum atomic E-state index is 11.5. The van der Waals surface area contributed by atoms with Crippen LogP contribution in [-0.2, 0) is 9.59 Å². The van der Waals surface area contributed by atoms with Gasteiger partial charge in [0.2, 0.25) is 5.91 Å². The second-order valence-corrected chi connectivity index (χ2v) is 6.22. The van der Waals surface area contributed by atoms with Gasteiger partial charge in [0.15, 0.2) is 5.13 Å². The minimum Gasteiger partial charge on any atom is -0.549 e. The molecule has 0 atom stereocenters. The molecule has 2 rings (SSSR count). The molecule has 2 aromatic rings. The number of thiophene rings is 1. The molecular weight excluding hydrogens is 304 g/mol. The first kappa shape index (κ1) is 14.0. The standard InChI is InChI=1S/C11H10N2O3S3/c14-9(5-17-6-10(15)16)13-11-12-7(4-19-11)8-2-1-3-18-8/h1-4H,5-6H2,(H,15,16)(H,12,13,14)/p-1. The molecule has 0 spiro atoms. The molecule has 8 heteroatoms. The number of nitrogens with one attached hydrogen (secondary N) is 1. The number of thioether (sulfide) groups is 1. The summed E-state index contributed by atoms with van der Waals surface area (Å²) in [5, 5.41) is 17.2. The molecule has 0 saturated heterocycles. The Kier molecular flexibility index (Phi) is 4.94. The lowest BCUT2D eigenvalue weighted by Gasteiger charge is -2.02. The number of hydrogen-bond acceptors (Lipinski definition) is 7. The second-order valence-electron chi connectivity index (χ2n) is 3.43. The van der Waals surface area contributed by atoms with E-state index in [1.54, 1.807) is 11.3 Å². The van der Waals surface area contributed by atoms with Crippen molar-refractivity contribution in [3.05, 3.63) is 22.9 Å². The van der Waals surface area contributed by atoms with Crippen LogP contribution in [0.5, 0.6) is 0 Å². The van der Waals surface area contributed by atoms with Gasteiger partial charge in [-0.2, -0.15) is 0 Å². The minimum absolute atomic E-state index is 0.0713. The molecule has 2 aromatic heterocycles. The Bertz CT molecular complexity index is 566. The molecule has 1 N–H and O–H groups in total. The van der Waals surface area contributed by atoms with E-state index in [4.69, 9.17) is 0 Å². The van der Waals surface area contributed by atoms with Gasteiger partial charge in [-0.05, 0) is 11.4 Å². The fourth-order valence-corrected chi connectivity index (χ4v) is 3.26. The largest absolute Gasteiger partial charge is 0.549 e. The quantitative estimate of drug-likeness (QED) is 0.869. The summed E-state index contributed by atoms with van der Waals surface area (Å²) in [6, 6.07) is 3.90. The lowest BCUT2D eigenvalue weighted by atomic mass is 10.4. The van der Waals surface area contributed by atoms with Gasteiger partial charge in [-0.15, -0.1) is 34.4 Å². The predicted molar refractivity (Wildman–Crippen MR) is 76.4 cm³/mol. The Hall–Kier alpha value is -1.38. The fraction of sp³-hybridized carbons (Fsp3) is 0.182. The van der Waals surface area contributed by atoms with E-state index in [-0.39, 0.29) is 17.4 Å². The smallest absolute Gasteiger partial charge is 0.236 e. The summed E-state index contributed by atoms with van der Waals surface area (Å²) in [7, 11) is 0. The Morgan fingerprint density at radius 1 is 1.37 bits per heavy atom. The molecule has 0 fully saturated rings. The van der Waals surface area contributed by atoms with Crippen molar-refractivity contribution in [3.63, 3.8) is 0 Å². The Morgan fingerprint density at radius 3 is 2.89 bits per heavy atom. The number of anilines is 1. The molecule has 0 aliphatic carbocycles. The number of hydrogen-bond donors (Lipinski definition) is 1. The molecule has 19 heavy (non-hydrogen) atoms. The van der Waals surface area contributed by atoms with E-state index in [1.165, 1.54) is 11.3 Å². The van der Waals surface area contributed by atoms with Crippen molar-refractivity contribution in [2.75, 3.05) is 16.8 Å². The van der Waals surface area contributed by atoms with Crippen molar-refractivity contribution in [1.82, 2.24) is 4.98 Å². The van der Waals surface area contributed by atoms with E-state index in [9.17, 15) is 14.7 Å². The maximum Gasteiger partial charge on any atom is 0.236 e. The van der Waals surface area contributed by atoms with Crippen LogP contribution in [0.3, 0.4) is 0 Å². The SMILES string of the molecule is O=C([O-])CSCC(=O)Nc1nc(-c2cccs2)cs1. The van der Waals surface area contributed by atoms with Gasteiger partial charge in [-0.1, -0.05) is 6.07 Å². The lowest BCUT2D eigenvalue weighted by Crippen LogP contribution is -2.25. The summed E-state index contributed by atoms with van der Waals surface area (Å²) in [4.78, 5) is 27.1. The molecule has 0 saturated carbocycles. The molecule has 0 aliphatic rings. The van der Waals surface area contributed by atoms with Crippen molar-refractivity contribution in [2.24, 2.45) is 0 Å². The summed E-state index contributed by atoms with van der Waals surface area (Å²) in [6.45, 7) is 0. The van der Waals surface area contributed by atoms with Crippen LogP contribution < -0.4 is 10.4 Å². The third-order valence-electron chi connectivity index (χ3n) is 1.98. The zero-order valence-corrected chi connectivity index (χ0v) is 12.1. The van der Waals surface area contributed by atoms with Crippen molar-refractivity contribution < 1.29 is 14.7 Å². The van der Waals surface area contributed by atoms with Crippen molar-refractivity contribution in [3.8, 4) is 10.6 Å². The lowest BCUT2D eigenvalue weighted by molar-refractivity contribution is -0.301. The number of amides is 1. The molecule has 100 valence electrons. The highest BCUT2D eigenvalue weighted by atomic mass is 32.2. The number of thiazole rings is 1. The molecular formula is C11H9N2O3S3-. The van der Waals surface area contributed by atoms with E-state index in [0.29, 0.717) is 5.13 Å². The van der Waals surface area contributed by atoms with E-state index >= 15 is 0 Å². The fourth-order valence-electron chi connectivity index (χ4n) is 1.25. The molecule has 0 aromatic carbocycles. The number of aromatic nitrogens is 1. The van der Waals surface area contributed by atoms with Crippen LogP contribution in [0.4, 0.5) is 5.13 Å². The Morgan fingerprint density at radius 2 is 2.21 bits per heavy atom. The summed E-state index contributed by atoms with van der Waals surface area (Å²) < 4.78 is 0.